The third-order valence-corrected chi connectivity index (χ3v) is 4.77. The molecule has 0 spiro atoms. The van der Waals surface area contributed by atoms with E-state index in [1.54, 1.807) is 26.1 Å². The fourth-order valence-electron chi connectivity index (χ4n) is 2.49. The van der Waals surface area contributed by atoms with Crippen molar-refractivity contribution in [2.24, 2.45) is 4.99 Å². The molecule has 4 nitrogen and oxygen atoms in total. The zero-order valence-corrected chi connectivity index (χ0v) is 13.5. The van der Waals surface area contributed by atoms with Gasteiger partial charge in [0.1, 0.15) is 5.75 Å². The molecule has 3 rings (SSSR count). The second kappa shape index (κ2) is 5.85. The molecule has 22 heavy (non-hydrogen) atoms. The summed E-state index contributed by atoms with van der Waals surface area (Å²) in [7, 11) is 5.09. The van der Waals surface area contributed by atoms with E-state index in [0.717, 1.165) is 22.1 Å². The highest BCUT2D eigenvalue weighted by atomic mass is 32.2. The molecule has 1 fully saturated rings. The van der Waals surface area contributed by atoms with Gasteiger partial charge in [0.2, 0.25) is 0 Å². The van der Waals surface area contributed by atoms with Crippen LogP contribution >= 0.6 is 11.8 Å². The molecule has 0 atom stereocenters. The van der Waals surface area contributed by atoms with Gasteiger partial charge in [0.15, 0.2) is 5.17 Å². The van der Waals surface area contributed by atoms with Crippen molar-refractivity contribution in [1.29, 1.82) is 0 Å². The predicted octanol–water partition coefficient (Wildman–Crippen LogP) is 3.38. The molecule has 1 saturated heterocycles. The van der Waals surface area contributed by atoms with Gasteiger partial charge in [-0.15, -0.1) is 0 Å². The van der Waals surface area contributed by atoms with Gasteiger partial charge in [0, 0.05) is 19.5 Å². The molecule has 0 aromatic heterocycles. The summed E-state index contributed by atoms with van der Waals surface area (Å²) in [5, 5.41) is 2.81. The van der Waals surface area contributed by atoms with Crippen molar-refractivity contribution >= 4 is 39.7 Å². The number of amidine groups is 1. The highest BCUT2D eigenvalue weighted by Gasteiger charge is 2.29. The number of benzene rings is 2. The Morgan fingerprint density at radius 1 is 1.18 bits per heavy atom. The van der Waals surface area contributed by atoms with E-state index >= 15 is 0 Å². The van der Waals surface area contributed by atoms with E-state index < -0.39 is 0 Å². The average molecular weight is 312 g/mol. The lowest BCUT2D eigenvalue weighted by atomic mass is 10.0. The largest absolute Gasteiger partial charge is 0.496 e. The smallest absolute Gasteiger partial charge is 0.266 e. The topological polar surface area (TPSA) is 41.9 Å². The standard InChI is InChI=1S/C17H16N2O2S/c1-18-17-19(2)16(20)15(22-17)10-11-8-9-14(21-3)13-7-5-4-6-12(11)13/h4-10H,1-3H3. The fourth-order valence-corrected chi connectivity index (χ4v) is 3.41. The molecule has 2 aromatic carbocycles. The zero-order chi connectivity index (χ0) is 15.7. The van der Waals surface area contributed by atoms with Crippen molar-refractivity contribution in [3.05, 3.63) is 46.9 Å². The van der Waals surface area contributed by atoms with Crippen LogP contribution in [0.4, 0.5) is 0 Å². The number of ether oxygens (including phenoxy) is 1. The number of nitrogens with zero attached hydrogens (tertiary/aromatic N) is 2. The Bertz CT molecular complexity index is 811. The highest BCUT2D eigenvalue weighted by molar-refractivity contribution is 8.18. The van der Waals surface area contributed by atoms with E-state index in [9.17, 15) is 4.79 Å². The number of carbonyl (C=O) groups excluding carboxylic acids is 1. The number of thioether (sulfide) groups is 1. The fraction of sp³-hybridized carbons (Fsp3) is 0.176. The summed E-state index contributed by atoms with van der Waals surface area (Å²) in [6, 6.07) is 11.9. The van der Waals surface area contributed by atoms with Crippen molar-refractivity contribution in [3.8, 4) is 5.75 Å². The van der Waals surface area contributed by atoms with Crippen LogP contribution in [-0.2, 0) is 4.79 Å². The molecule has 112 valence electrons. The Labute approximate surface area is 133 Å². The third kappa shape index (κ3) is 2.37. The number of methoxy groups -OCH3 is 1. The quantitative estimate of drug-likeness (QED) is 0.798. The molecule has 1 aliphatic rings. The summed E-state index contributed by atoms with van der Waals surface area (Å²) >= 11 is 1.40. The van der Waals surface area contributed by atoms with Crippen LogP contribution in [0.25, 0.3) is 16.8 Å². The van der Waals surface area contributed by atoms with E-state index in [1.807, 2.05) is 42.5 Å². The second-order valence-corrected chi connectivity index (χ2v) is 5.89. The van der Waals surface area contributed by atoms with Crippen LogP contribution < -0.4 is 4.74 Å². The molecule has 2 aromatic rings. The predicted molar refractivity (Wildman–Crippen MR) is 92.2 cm³/mol. The summed E-state index contributed by atoms with van der Waals surface area (Å²) in [5.41, 5.74) is 0.998. The lowest BCUT2D eigenvalue weighted by Gasteiger charge is -2.08. The van der Waals surface area contributed by atoms with Crippen molar-refractivity contribution in [1.82, 2.24) is 4.90 Å². The number of amides is 1. The maximum Gasteiger partial charge on any atom is 0.266 e. The summed E-state index contributed by atoms with van der Waals surface area (Å²) in [5.74, 6) is 0.807. The van der Waals surface area contributed by atoms with E-state index in [-0.39, 0.29) is 5.91 Å². The Hall–Kier alpha value is -2.27. The van der Waals surface area contributed by atoms with Crippen LogP contribution in [-0.4, -0.2) is 37.2 Å². The van der Waals surface area contributed by atoms with Crippen molar-refractivity contribution in [3.63, 3.8) is 0 Å². The zero-order valence-electron chi connectivity index (χ0n) is 12.7. The molecule has 1 amide bonds. The summed E-state index contributed by atoms with van der Waals surface area (Å²) in [6.07, 6.45) is 1.92. The minimum Gasteiger partial charge on any atom is -0.496 e. The molecule has 1 aliphatic heterocycles. The first-order chi connectivity index (χ1) is 10.7. The number of hydrogen-bond donors (Lipinski definition) is 0. The maximum atomic E-state index is 12.3. The molecule has 0 N–H and O–H groups in total. The molecule has 0 radical (unpaired) electrons. The first kappa shape index (κ1) is 14.7. The van der Waals surface area contributed by atoms with Crippen LogP contribution in [0.3, 0.4) is 0 Å². The SMILES string of the molecule is CN=C1SC(=Cc2ccc(OC)c3ccccc23)C(=O)N1C. The Morgan fingerprint density at radius 3 is 2.55 bits per heavy atom. The summed E-state index contributed by atoms with van der Waals surface area (Å²) in [6.45, 7) is 0. The first-order valence-corrected chi connectivity index (χ1v) is 7.67. The van der Waals surface area contributed by atoms with E-state index in [1.165, 1.54) is 11.8 Å². The second-order valence-electron chi connectivity index (χ2n) is 4.88. The Kier molecular flexibility index (Phi) is 3.90. The van der Waals surface area contributed by atoms with Gasteiger partial charge in [-0.1, -0.05) is 30.3 Å². The first-order valence-electron chi connectivity index (χ1n) is 6.86. The van der Waals surface area contributed by atoms with Crippen LogP contribution in [0.2, 0.25) is 0 Å². The van der Waals surface area contributed by atoms with Gasteiger partial charge in [-0.25, -0.2) is 0 Å². The molecule has 1 heterocycles. The highest BCUT2D eigenvalue weighted by Crippen LogP contribution is 2.34. The van der Waals surface area contributed by atoms with Gasteiger partial charge < -0.3 is 4.74 Å². The van der Waals surface area contributed by atoms with E-state index in [2.05, 4.69) is 4.99 Å². The lowest BCUT2D eigenvalue weighted by Crippen LogP contribution is -2.23. The molecule has 0 aliphatic carbocycles. The van der Waals surface area contributed by atoms with E-state index in [4.69, 9.17) is 4.74 Å². The number of aliphatic imine (C=N–C) groups is 1. The molecule has 0 unspecified atom stereocenters. The lowest BCUT2D eigenvalue weighted by molar-refractivity contribution is -0.121. The van der Waals surface area contributed by atoms with Crippen molar-refractivity contribution in [2.45, 2.75) is 0 Å². The molecule has 0 saturated carbocycles. The maximum absolute atomic E-state index is 12.3. The average Bonchev–Trinajstić information content (AvgIpc) is 2.83. The summed E-state index contributed by atoms with van der Waals surface area (Å²) < 4.78 is 5.40. The van der Waals surface area contributed by atoms with Crippen molar-refractivity contribution < 1.29 is 9.53 Å². The van der Waals surface area contributed by atoms with Gasteiger partial charge in [-0.3, -0.25) is 14.7 Å². The van der Waals surface area contributed by atoms with Crippen LogP contribution in [0.5, 0.6) is 5.75 Å². The molecule has 5 heteroatoms. The van der Waals surface area contributed by atoms with Gasteiger partial charge in [-0.2, -0.15) is 0 Å². The molecular formula is C17H16N2O2S. The van der Waals surface area contributed by atoms with Crippen LogP contribution in [0.15, 0.2) is 46.3 Å². The summed E-state index contributed by atoms with van der Waals surface area (Å²) in [4.78, 5) is 18.6. The Balaban J connectivity index is 2.13. The normalized spacial score (nSPS) is 18.7. The number of likely N-dealkylation sites (N-methyl/N-ethyl adjacent to an activating group) is 1. The third-order valence-electron chi connectivity index (χ3n) is 3.62. The minimum absolute atomic E-state index is 0.0227. The van der Waals surface area contributed by atoms with Crippen LogP contribution in [0, 0.1) is 0 Å². The van der Waals surface area contributed by atoms with Gasteiger partial charge in [0.05, 0.1) is 12.0 Å². The van der Waals surface area contributed by atoms with Crippen LogP contribution in [0.1, 0.15) is 5.56 Å². The number of hydrogen-bond acceptors (Lipinski definition) is 4. The number of carbonyl (C=O) groups is 1. The molecule has 0 bridgehead atoms. The number of fused-ring (bicyclic) bond motifs is 1. The van der Waals surface area contributed by atoms with Gasteiger partial charge in [-0.05, 0) is 34.9 Å². The van der Waals surface area contributed by atoms with Gasteiger partial charge >= 0.3 is 0 Å². The number of rotatable bonds is 2. The Morgan fingerprint density at radius 2 is 1.91 bits per heavy atom. The van der Waals surface area contributed by atoms with Crippen molar-refractivity contribution in [2.75, 3.05) is 21.2 Å². The van der Waals surface area contributed by atoms with Gasteiger partial charge in [0.25, 0.3) is 5.91 Å². The monoisotopic (exact) mass is 312 g/mol. The van der Waals surface area contributed by atoms with E-state index in [0.29, 0.717) is 10.1 Å². The minimum atomic E-state index is -0.0227. The molecular weight excluding hydrogens is 296 g/mol.